The molecule has 1 aromatic carbocycles. The van der Waals surface area contributed by atoms with Gasteiger partial charge in [0.1, 0.15) is 11.6 Å². The number of amides is 2. The molecule has 126 valence electrons. The maximum atomic E-state index is 12.4. The summed E-state index contributed by atoms with van der Waals surface area (Å²) in [6.45, 7) is 1.23. The highest BCUT2D eigenvalue weighted by Crippen LogP contribution is 2.27. The van der Waals surface area contributed by atoms with Crippen LogP contribution in [0, 0.1) is 5.92 Å². The molecule has 0 unspecified atom stereocenters. The molecular weight excluding hydrogens is 326 g/mol. The summed E-state index contributed by atoms with van der Waals surface area (Å²) >= 11 is 1.28. The van der Waals surface area contributed by atoms with Crippen LogP contribution >= 0.6 is 11.3 Å². The van der Waals surface area contributed by atoms with Crippen molar-refractivity contribution in [1.82, 2.24) is 15.1 Å². The van der Waals surface area contributed by atoms with Crippen LogP contribution in [0.1, 0.15) is 24.4 Å². The Morgan fingerprint density at radius 1 is 1.33 bits per heavy atom. The second kappa shape index (κ2) is 7.50. The van der Waals surface area contributed by atoms with E-state index in [0.29, 0.717) is 11.7 Å². The van der Waals surface area contributed by atoms with Crippen molar-refractivity contribution in [2.75, 3.05) is 18.4 Å². The van der Waals surface area contributed by atoms with Crippen molar-refractivity contribution in [3.63, 3.8) is 0 Å². The predicted molar refractivity (Wildman–Crippen MR) is 91.2 cm³/mol. The normalized spacial score (nSPS) is 19.6. The Morgan fingerprint density at radius 2 is 2.12 bits per heavy atom. The van der Waals surface area contributed by atoms with Crippen LogP contribution in [0.5, 0.6) is 0 Å². The number of primary amides is 1. The van der Waals surface area contributed by atoms with Gasteiger partial charge in [-0.2, -0.15) is 0 Å². The van der Waals surface area contributed by atoms with Crippen molar-refractivity contribution in [1.29, 1.82) is 0 Å². The van der Waals surface area contributed by atoms with Gasteiger partial charge in [0.15, 0.2) is 0 Å². The van der Waals surface area contributed by atoms with Gasteiger partial charge in [0.25, 0.3) is 0 Å². The Bertz CT molecular complexity index is 692. The number of piperidine rings is 1. The molecule has 2 amide bonds. The molecule has 3 rings (SSSR count). The quantitative estimate of drug-likeness (QED) is 0.853. The summed E-state index contributed by atoms with van der Waals surface area (Å²) < 4.78 is 0. The van der Waals surface area contributed by atoms with Gasteiger partial charge in [-0.25, -0.2) is 0 Å². The Balaban J connectivity index is 1.71. The first-order chi connectivity index (χ1) is 11.6. The van der Waals surface area contributed by atoms with Crippen LogP contribution in [0.15, 0.2) is 35.8 Å². The second-order valence-corrected chi connectivity index (χ2v) is 6.62. The van der Waals surface area contributed by atoms with E-state index in [1.807, 2.05) is 35.2 Å². The highest BCUT2D eigenvalue weighted by atomic mass is 32.1. The smallest absolute Gasteiger partial charge is 0.239 e. The lowest BCUT2D eigenvalue weighted by Crippen LogP contribution is -2.46. The molecule has 0 aliphatic carbocycles. The number of aromatic nitrogens is 2. The Kier molecular flexibility index (Phi) is 5.17. The van der Waals surface area contributed by atoms with Crippen LogP contribution < -0.4 is 11.1 Å². The van der Waals surface area contributed by atoms with Crippen molar-refractivity contribution < 1.29 is 9.59 Å². The van der Waals surface area contributed by atoms with E-state index in [-0.39, 0.29) is 11.8 Å². The molecule has 3 N–H and O–H groups in total. The Labute approximate surface area is 143 Å². The SMILES string of the molecule is NC(=O)[C@H](c1ccccc1)N1CCC[C@@H](C(=O)Nc2nncs2)C1. The molecule has 0 radical (unpaired) electrons. The summed E-state index contributed by atoms with van der Waals surface area (Å²) in [4.78, 5) is 26.4. The number of hydrogen-bond donors (Lipinski definition) is 2. The third-order valence-corrected chi connectivity index (χ3v) is 4.77. The fraction of sp³-hybridized carbons (Fsp3) is 0.375. The number of benzene rings is 1. The molecular formula is C16H19N5O2S. The van der Waals surface area contributed by atoms with Crippen molar-refractivity contribution in [2.24, 2.45) is 11.7 Å². The van der Waals surface area contributed by atoms with E-state index in [2.05, 4.69) is 15.5 Å². The van der Waals surface area contributed by atoms with E-state index < -0.39 is 11.9 Å². The zero-order chi connectivity index (χ0) is 16.9. The summed E-state index contributed by atoms with van der Waals surface area (Å²) in [6, 6.07) is 8.93. The van der Waals surface area contributed by atoms with Gasteiger partial charge in [0, 0.05) is 6.54 Å². The second-order valence-electron chi connectivity index (χ2n) is 5.78. The van der Waals surface area contributed by atoms with Crippen LogP contribution in [0.3, 0.4) is 0 Å². The number of nitrogens with zero attached hydrogens (tertiary/aromatic N) is 3. The molecule has 1 aliphatic heterocycles. The summed E-state index contributed by atoms with van der Waals surface area (Å²) in [7, 11) is 0. The maximum Gasteiger partial charge on any atom is 0.239 e. The Morgan fingerprint density at radius 3 is 2.79 bits per heavy atom. The zero-order valence-corrected chi connectivity index (χ0v) is 13.9. The van der Waals surface area contributed by atoms with Crippen molar-refractivity contribution >= 4 is 28.3 Å². The molecule has 1 aliphatic rings. The summed E-state index contributed by atoms with van der Waals surface area (Å²) in [5.74, 6) is -0.688. The van der Waals surface area contributed by atoms with Gasteiger partial charge in [0.05, 0.1) is 5.92 Å². The largest absolute Gasteiger partial charge is 0.368 e. The van der Waals surface area contributed by atoms with E-state index >= 15 is 0 Å². The molecule has 0 saturated carbocycles. The minimum atomic E-state index is -0.511. The number of anilines is 1. The lowest BCUT2D eigenvalue weighted by molar-refractivity contribution is -0.127. The molecule has 1 aromatic heterocycles. The number of carbonyl (C=O) groups is 2. The molecule has 2 atom stereocenters. The fourth-order valence-electron chi connectivity index (χ4n) is 3.08. The molecule has 0 spiro atoms. The van der Waals surface area contributed by atoms with Gasteiger partial charge in [0.2, 0.25) is 16.9 Å². The predicted octanol–water partition coefficient (Wildman–Crippen LogP) is 1.42. The van der Waals surface area contributed by atoms with Gasteiger partial charge >= 0.3 is 0 Å². The van der Waals surface area contributed by atoms with Crippen molar-refractivity contribution in [3.8, 4) is 0 Å². The molecule has 7 nitrogen and oxygen atoms in total. The van der Waals surface area contributed by atoms with Crippen molar-refractivity contribution in [2.45, 2.75) is 18.9 Å². The average Bonchev–Trinajstić information content (AvgIpc) is 3.09. The maximum absolute atomic E-state index is 12.4. The van der Waals surface area contributed by atoms with Crippen molar-refractivity contribution in [3.05, 3.63) is 41.4 Å². The van der Waals surface area contributed by atoms with Crippen LogP contribution in [0.4, 0.5) is 5.13 Å². The van der Waals surface area contributed by atoms with E-state index in [9.17, 15) is 9.59 Å². The number of nitrogens with two attached hydrogens (primary N) is 1. The summed E-state index contributed by atoms with van der Waals surface area (Å²) in [5.41, 5.74) is 8.06. The fourth-order valence-corrected chi connectivity index (χ4v) is 3.53. The average molecular weight is 345 g/mol. The molecule has 1 saturated heterocycles. The topological polar surface area (TPSA) is 101 Å². The van der Waals surface area contributed by atoms with Gasteiger partial charge in [-0.05, 0) is 24.9 Å². The van der Waals surface area contributed by atoms with Gasteiger partial charge < -0.3 is 11.1 Å². The van der Waals surface area contributed by atoms with Gasteiger partial charge in [-0.1, -0.05) is 41.7 Å². The highest BCUT2D eigenvalue weighted by Gasteiger charge is 2.33. The number of hydrogen-bond acceptors (Lipinski definition) is 6. The van der Waals surface area contributed by atoms with E-state index in [0.717, 1.165) is 24.9 Å². The van der Waals surface area contributed by atoms with Gasteiger partial charge in [-0.3, -0.25) is 14.5 Å². The minimum Gasteiger partial charge on any atom is -0.368 e. The summed E-state index contributed by atoms with van der Waals surface area (Å²) in [5, 5.41) is 10.8. The zero-order valence-electron chi connectivity index (χ0n) is 13.1. The molecule has 24 heavy (non-hydrogen) atoms. The van der Waals surface area contributed by atoms with Crippen LogP contribution in [-0.2, 0) is 9.59 Å². The molecule has 8 heteroatoms. The number of nitrogens with one attached hydrogen (secondary N) is 1. The van der Waals surface area contributed by atoms with E-state index in [1.54, 1.807) is 5.51 Å². The molecule has 2 aromatic rings. The van der Waals surface area contributed by atoms with Crippen LogP contribution in [0.2, 0.25) is 0 Å². The number of rotatable bonds is 5. The summed E-state index contributed by atoms with van der Waals surface area (Å²) in [6.07, 6.45) is 1.62. The van der Waals surface area contributed by atoms with Crippen LogP contribution in [0.25, 0.3) is 0 Å². The van der Waals surface area contributed by atoms with E-state index in [1.165, 1.54) is 11.3 Å². The van der Waals surface area contributed by atoms with Crippen LogP contribution in [-0.4, -0.2) is 40.0 Å². The molecule has 2 heterocycles. The van der Waals surface area contributed by atoms with Gasteiger partial charge in [-0.15, -0.1) is 10.2 Å². The van der Waals surface area contributed by atoms with E-state index in [4.69, 9.17) is 5.73 Å². The lowest BCUT2D eigenvalue weighted by Gasteiger charge is -2.36. The first-order valence-corrected chi connectivity index (χ1v) is 8.68. The first-order valence-electron chi connectivity index (χ1n) is 7.80. The first kappa shape index (κ1) is 16.5. The minimum absolute atomic E-state index is 0.0901. The number of carbonyl (C=O) groups excluding carboxylic acids is 2. The molecule has 0 bridgehead atoms. The number of likely N-dealkylation sites (tertiary alicyclic amines) is 1. The third kappa shape index (κ3) is 3.77. The monoisotopic (exact) mass is 345 g/mol. The highest BCUT2D eigenvalue weighted by molar-refractivity contribution is 7.13. The Hall–Kier alpha value is -2.32. The standard InChI is InChI=1S/C16H19N5O2S/c17-14(22)13(11-5-2-1-3-6-11)21-8-4-7-12(9-21)15(23)19-16-20-18-10-24-16/h1-3,5-6,10,12-13H,4,7-9H2,(H2,17,22)(H,19,20,23)/t12-,13+/m1/s1. The third-order valence-electron chi connectivity index (χ3n) is 4.16. The lowest BCUT2D eigenvalue weighted by atomic mass is 9.94. The molecule has 1 fully saturated rings.